The Hall–Kier alpha value is -1.95. The van der Waals surface area contributed by atoms with E-state index in [9.17, 15) is 4.79 Å². The number of nitrogens with one attached hydrogen (secondary N) is 1. The second-order valence-corrected chi connectivity index (χ2v) is 5.79. The zero-order valence-electron chi connectivity index (χ0n) is 12.5. The Kier molecular flexibility index (Phi) is 5.27. The van der Waals surface area contributed by atoms with Crippen LogP contribution in [-0.2, 0) is 6.61 Å². The SMILES string of the molecule is CCCNC(=O)c1sc(COc2ccc(C)nc2)nc1C. The van der Waals surface area contributed by atoms with Crippen molar-refractivity contribution in [3.8, 4) is 5.75 Å². The predicted molar refractivity (Wildman–Crippen MR) is 82.8 cm³/mol. The fraction of sp³-hybridized carbons (Fsp3) is 0.400. The summed E-state index contributed by atoms with van der Waals surface area (Å²) in [5.74, 6) is 0.639. The number of pyridine rings is 1. The maximum atomic E-state index is 12.0. The summed E-state index contributed by atoms with van der Waals surface area (Å²) in [5.41, 5.74) is 1.69. The number of nitrogens with zero attached hydrogens (tertiary/aromatic N) is 2. The smallest absolute Gasteiger partial charge is 0.263 e. The van der Waals surface area contributed by atoms with Crippen molar-refractivity contribution >= 4 is 17.2 Å². The molecule has 0 saturated carbocycles. The zero-order valence-corrected chi connectivity index (χ0v) is 13.3. The molecule has 0 aliphatic carbocycles. The van der Waals surface area contributed by atoms with E-state index in [2.05, 4.69) is 15.3 Å². The van der Waals surface area contributed by atoms with Crippen LogP contribution in [0, 0.1) is 13.8 Å². The molecule has 0 unspecified atom stereocenters. The second kappa shape index (κ2) is 7.17. The van der Waals surface area contributed by atoms with E-state index in [0.717, 1.165) is 22.8 Å². The Bertz CT molecular complexity index is 608. The Balaban J connectivity index is 1.98. The molecule has 0 fully saturated rings. The second-order valence-electron chi connectivity index (χ2n) is 4.70. The van der Waals surface area contributed by atoms with Crippen LogP contribution in [0.15, 0.2) is 18.3 Å². The summed E-state index contributed by atoms with van der Waals surface area (Å²) < 4.78 is 5.63. The van der Waals surface area contributed by atoms with Crippen molar-refractivity contribution in [1.29, 1.82) is 0 Å². The van der Waals surface area contributed by atoms with E-state index in [-0.39, 0.29) is 5.91 Å². The fourth-order valence-corrected chi connectivity index (χ4v) is 2.62. The van der Waals surface area contributed by atoms with Crippen LogP contribution >= 0.6 is 11.3 Å². The third kappa shape index (κ3) is 4.26. The number of ether oxygens (including phenoxy) is 1. The van der Waals surface area contributed by atoms with E-state index < -0.39 is 0 Å². The van der Waals surface area contributed by atoms with Gasteiger partial charge in [-0.3, -0.25) is 9.78 Å². The van der Waals surface area contributed by atoms with Gasteiger partial charge in [-0.15, -0.1) is 11.3 Å². The minimum atomic E-state index is -0.0601. The van der Waals surface area contributed by atoms with Gasteiger partial charge in [-0.1, -0.05) is 6.92 Å². The molecule has 2 aromatic heterocycles. The molecule has 1 amide bonds. The maximum Gasteiger partial charge on any atom is 0.263 e. The molecule has 112 valence electrons. The van der Waals surface area contributed by atoms with Crippen LogP contribution in [0.5, 0.6) is 5.75 Å². The van der Waals surface area contributed by atoms with Gasteiger partial charge in [0.25, 0.3) is 5.91 Å². The van der Waals surface area contributed by atoms with Gasteiger partial charge in [0.1, 0.15) is 22.2 Å². The largest absolute Gasteiger partial charge is 0.485 e. The van der Waals surface area contributed by atoms with Gasteiger partial charge in [-0.05, 0) is 32.4 Å². The predicted octanol–water partition coefficient (Wildman–Crippen LogP) is 2.87. The normalized spacial score (nSPS) is 10.4. The number of thiazole rings is 1. The highest BCUT2D eigenvalue weighted by atomic mass is 32.1. The standard InChI is InChI=1S/C15H19N3O2S/c1-4-7-16-15(19)14-11(3)18-13(21-14)9-20-12-6-5-10(2)17-8-12/h5-6,8H,4,7,9H2,1-3H3,(H,16,19). The monoisotopic (exact) mass is 305 g/mol. The number of rotatable bonds is 6. The molecule has 0 saturated heterocycles. The average Bonchev–Trinajstić information content (AvgIpc) is 2.85. The molecule has 5 nitrogen and oxygen atoms in total. The first-order valence-electron chi connectivity index (χ1n) is 6.90. The highest BCUT2D eigenvalue weighted by molar-refractivity contribution is 7.13. The lowest BCUT2D eigenvalue weighted by Gasteiger charge is -2.03. The molecule has 2 rings (SSSR count). The molecule has 1 N–H and O–H groups in total. The Morgan fingerprint density at radius 2 is 2.19 bits per heavy atom. The number of aromatic nitrogens is 2. The van der Waals surface area contributed by atoms with E-state index in [1.54, 1.807) is 6.20 Å². The van der Waals surface area contributed by atoms with Crippen LogP contribution in [0.25, 0.3) is 0 Å². The third-order valence-electron chi connectivity index (χ3n) is 2.83. The molecule has 21 heavy (non-hydrogen) atoms. The van der Waals surface area contributed by atoms with Gasteiger partial charge in [0, 0.05) is 12.2 Å². The van der Waals surface area contributed by atoms with Gasteiger partial charge in [0.15, 0.2) is 0 Å². The number of hydrogen-bond acceptors (Lipinski definition) is 5. The van der Waals surface area contributed by atoms with Gasteiger partial charge in [0.05, 0.1) is 11.9 Å². The Morgan fingerprint density at radius 1 is 1.38 bits per heavy atom. The van der Waals surface area contributed by atoms with Gasteiger partial charge < -0.3 is 10.1 Å². The third-order valence-corrected chi connectivity index (χ3v) is 3.96. The summed E-state index contributed by atoms with van der Waals surface area (Å²) in [4.78, 5) is 21.2. The lowest BCUT2D eigenvalue weighted by atomic mass is 10.3. The number of aryl methyl sites for hydroxylation is 2. The molecule has 6 heteroatoms. The van der Waals surface area contributed by atoms with Gasteiger partial charge in [0.2, 0.25) is 0 Å². The summed E-state index contributed by atoms with van der Waals surface area (Å²) in [6, 6.07) is 3.77. The van der Waals surface area contributed by atoms with Gasteiger partial charge >= 0.3 is 0 Å². The zero-order chi connectivity index (χ0) is 15.2. The van der Waals surface area contributed by atoms with E-state index in [0.29, 0.717) is 23.8 Å². The van der Waals surface area contributed by atoms with Crippen LogP contribution in [0.4, 0.5) is 0 Å². The van der Waals surface area contributed by atoms with Gasteiger partial charge in [-0.25, -0.2) is 4.98 Å². The van der Waals surface area contributed by atoms with Crippen molar-refractivity contribution in [2.24, 2.45) is 0 Å². The minimum absolute atomic E-state index is 0.0601. The molecule has 0 aliphatic heterocycles. The minimum Gasteiger partial charge on any atom is -0.485 e. The first-order valence-corrected chi connectivity index (χ1v) is 7.71. The number of carbonyl (C=O) groups is 1. The molecule has 2 heterocycles. The van der Waals surface area contributed by atoms with Crippen molar-refractivity contribution in [2.45, 2.75) is 33.8 Å². The van der Waals surface area contributed by atoms with E-state index in [1.165, 1.54) is 11.3 Å². The molecular weight excluding hydrogens is 286 g/mol. The molecule has 0 aromatic carbocycles. The molecule has 2 aromatic rings. The quantitative estimate of drug-likeness (QED) is 0.891. The molecule has 0 atom stereocenters. The van der Waals surface area contributed by atoms with Crippen molar-refractivity contribution in [2.75, 3.05) is 6.54 Å². The number of carbonyl (C=O) groups excluding carboxylic acids is 1. The van der Waals surface area contributed by atoms with E-state index in [1.807, 2.05) is 32.9 Å². The summed E-state index contributed by atoms with van der Waals surface area (Å²) in [6.07, 6.45) is 2.60. The van der Waals surface area contributed by atoms with Crippen molar-refractivity contribution in [1.82, 2.24) is 15.3 Å². The summed E-state index contributed by atoms with van der Waals surface area (Å²) >= 11 is 1.37. The van der Waals surface area contributed by atoms with Crippen molar-refractivity contribution in [3.05, 3.63) is 39.6 Å². The fourth-order valence-electron chi connectivity index (χ4n) is 1.73. The lowest BCUT2D eigenvalue weighted by molar-refractivity contribution is 0.0957. The first-order chi connectivity index (χ1) is 10.1. The van der Waals surface area contributed by atoms with Crippen LogP contribution < -0.4 is 10.1 Å². The summed E-state index contributed by atoms with van der Waals surface area (Å²) in [6.45, 7) is 6.81. The highest BCUT2D eigenvalue weighted by Crippen LogP contribution is 2.20. The summed E-state index contributed by atoms with van der Waals surface area (Å²) in [5, 5.41) is 3.65. The molecule has 0 spiro atoms. The van der Waals surface area contributed by atoms with Crippen LogP contribution in [0.2, 0.25) is 0 Å². The van der Waals surface area contributed by atoms with Gasteiger partial charge in [-0.2, -0.15) is 0 Å². The van der Waals surface area contributed by atoms with Crippen molar-refractivity contribution in [3.63, 3.8) is 0 Å². The first kappa shape index (κ1) is 15.4. The molecular formula is C15H19N3O2S. The summed E-state index contributed by atoms with van der Waals surface area (Å²) in [7, 11) is 0. The number of amides is 1. The highest BCUT2D eigenvalue weighted by Gasteiger charge is 2.15. The van der Waals surface area contributed by atoms with E-state index >= 15 is 0 Å². The van der Waals surface area contributed by atoms with Crippen molar-refractivity contribution < 1.29 is 9.53 Å². The topological polar surface area (TPSA) is 64.1 Å². The van der Waals surface area contributed by atoms with Crippen LogP contribution in [-0.4, -0.2) is 22.4 Å². The molecule has 0 aliphatic rings. The Labute approximate surface area is 128 Å². The lowest BCUT2D eigenvalue weighted by Crippen LogP contribution is -2.23. The van der Waals surface area contributed by atoms with Crippen LogP contribution in [0.3, 0.4) is 0 Å². The maximum absolute atomic E-state index is 12.0. The van der Waals surface area contributed by atoms with Crippen LogP contribution in [0.1, 0.15) is 39.4 Å². The Morgan fingerprint density at radius 3 is 2.86 bits per heavy atom. The molecule has 0 radical (unpaired) electrons. The molecule has 0 bridgehead atoms. The number of hydrogen-bond donors (Lipinski definition) is 1. The average molecular weight is 305 g/mol. The van der Waals surface area contributed by atoms with E-state index in [4.69, 9.17) is 4.74 Å².